The third-order valence-corrected chi connectivity index (χ3v) is 5.06. The summed E-state index contributed by atoms with van der Waals surface area (Å²) in [5, 5.41) is 5.38. The summed E-state index contributed by atoms with van der Waals surface area (Å²) in [5.41, 5.74) is 5.90. The molecule has 2 aromatic heterocycles. The minimum atomic E-state index is 0.742. The molecule has 0 amide bonds. The highest BCUT2D eigenvalue weighted by Gasteiger charge is 2.18. The lowest BCUT2D eigenvalue weighted by molar-refractivity contribution is 0.122. The average molecular weight is 365 g/mol. The predicted octanol–water partition coefficient (Wildman–Crippen LogP) is 3.49. The van der Waals surface area contributed by atoms with Crippen molar-refractivity contribution in [2.24, 2.45) is 5.10 Å². The van der Waals surface area contributed by atoms with Crippen LogP contribution in [0.3, 0.4) is 0 Å². The van der Waals surface area contributed by atoms with Crippen LogP contribution in [0.4, 0.5) is 10.8 Å². The molecule has 0 bridgehead atoms. The Morgan fingerprint density at radius 3 is 2.73 bits per heavy atom. The molecule has 1 aromatic carbocycles. The second kappa shape index (κ2) is 8.07. The van der Waals surface area contributed by atoms with E-state index >= 15 is 0 Å². The fourth-order valence-corrected chi connectivity index (χ4v) is 3.71. The molecule has 7 heteroatoms. The Bertz CT molecular complexity index is 860. The van der Waals surface area contributed by atoms with Crippen LogP contribution in [0.2, 0.25) is 0 Å². The van der Waals surface area contributed by atoms with Crippen LogP contribution >= 0.6 is 11.3 Å². The third kappa shape index (κ3) is 3.89. The maximum Gasteiger partial charge on any atom is 0.186 e. The molecule has 1 aliphatic rings. The SMILES string of the molecule is C(=N/Nc1cccnc1)/c1sc(N2CCOCC2)nc1-c1ccccc1. The molecule has 1 aliphatic heterocycles. The van der Waals surface area contributed by atoms with Gasteiger partial charge in [0.1, 0.15) is 0 Å². The topological polar surface area (TPSA) is 62.6 Å². The van der Waals surface area contributed by atoms with Crippen molar-refractivity contribution in [3.8, 4) is 11.3 Å². The second-order valence-electron chi connectivity index (χ2n) is 5.79. The number of aromatic nitrogens is 2. The van der Waals surface area contributed by atoms with Gasteiger partial charge in [-0.05, 0) is 12.1 Å². The predicted molar refractivity (Wildman–Crippen MR) is 106 cm³/mol. The maximum absolute atomic E-state index is 5.45. The van der Waals surface area contributed by atoms with E-state index < -0.39 is 0 Å². The molecule has 3 aromatic rings. The van der Waals surface area contributed by atoms with Crippen molar-refractivity contribution in [3.63, 3.8) is 0 Å². The van der Waals surface area contributed by atoms with Gasteiger partial charge in [0.05, 0.1) is 41.9 Å². The number of pyridine rings is 1. The molecular weight excluding hydrogens is 346 g/mol. The standard InChI is InChI=1S/C19H19N5OS/c1-2-5-15(6-3-1)18-17(14-21-23-16-7-4-8-20-13-16)26-19(22-18)24-9-11-25-12-10-24/h1-8,13-14,23H,9-12H2/b21-14-. The smallest absolute Gasteiger partial charge is 0.186 e. The second-order valence-corrected chi connectivity index (χ2v) is 6.80. The van der Waals surface area contributed by atoms with Crippen LogP contribution in [0.25, 0.3) is 11.3 Å². The number of morpholine rings is 1. The summed E-state index contributed by atoms with van der Waals surface area (Å²) < 4.78 is 5.45. The molecule has 6 nitrogen and oxygen atoms in total. The van der Waals surface area contributed by atoms with Crippen LogP contribution < -0.4 is 10.3 Å². The summed E-state index contributed by atoms with van der Waals surface area (Å²) in [4.78, 5) is 12.3. The number of hydrogen-bond donors (Lipinski definition) is 1. The van der Waals surface area contributed by atoms with E-state index in [1.54, 1.807) is 23.7 Å². The largest absolute Gasteiger partial charge is 0.378 e. The number of benzene rings is 1. The highest BCUT2D eigenvalue weighted by Crippen LogP contribution is 2.32. The van der Waals surface area contributed by atoms with Gasteiger partial charge in [-0.1, -0.05) is 41.7 Å². The van der Waals surface area contributed by atoms with Crippen molar-refractivity contribution in [2.75, 3.05) is 36.6 Å². The summed E-state index contributed by atoms with van der Waals surface area (Å²) in [6, 6.07) is 14.0. The Morgan fingerprint density at radius 2 is 1.96 bits per heavy atom. The normalized spacial score (nSPS) is 14.7. The first kappa shape index (κ1) is 16.7. The molecule has 1 fully saturated rings. The van der Waals surface area contributed by atoms with Crippen molar-refractivity contribution < 1.29 is 4.74 Å². The molecule has 0 unspecified atom stereocenters. The van der Waals surface area contributed by atoms with Gasteiger partial charge in [-0.25, -0.2) is 4.98 Å². The molecule has 1 saturated heterocycles. The van der Waals surface area contributed by atoms with Crippen LogP contribution in [0.1, 0.15) is 4.88 Å². The van der Waals surface area contributed by atoms with Crippen LogP contribution in [0.5, 0.6) is 0 Å². The zero-order chi connectivity index (χ0) is 17.6. The third-order valence-electron chi connectivity index (χ3n) is 4.01. The zero-order valence-corrected chi connectivity index (χ0v) is 15.0. The number of thiazole rings is 1. The van der Waals surface area contributed by atoms with E-state index in [1.165, 1.54) is 0 Å². The number of hydrazone groups is 1. The first-order valence-corrected chi connectivity index (χ1v) is 9.30. The lowest BCUT2D eigenvalue weighted by Gasteiger charge is -2.26. The van der Waals surface area contributed by atoms with Crippen molar-refractivity contribution in [3.05, 3.63) is 59.7 Å². The number of nitrogens with zero attached hydrogens (tertiary/aromatic N) is 4. The summed E-state index contributed by atoms with van der Waals surface area (Å²) in [6.07, 6.45) is 5.30. The molecular formula is C19H19N5OS. The van der Waals surface area contributed by atoms with Gasteiger partial charge in [-0.15, -0.1) is 0 Å². The van der Waals surface area contributed by atoms with Crippen molar-refractivity contribution >= 4 is 28.4 Å². The quantitative estimate of drug-likeness (QED) is 0.554. The fourth-order valence-electron chi connectivity index (χ4n) is 2.69. The number of nitrogens with one attached hydrogen (secondary N) is 1. The van der Waals surface area contributed by atoms with Crippen molar-refractivity contribution in [1.82, 2.24) is 9.97 Å². The molecule has 0 aliphatic carbocycles. The van der Waals surface area contributed by atoms with Gasteiger partial charge in [0.2, 0.25) is 0 Å². The van der Waals surface area contributed by atoms with Gasteiger partial charge < -0.3 is 9.64 Å². The van der Waals surface area contributed by atoms with E-state index in [2.05, 4.69) is 32.5 Å². The van der Waals surface area contributed by atoms with E-state index in [0.717, 1.165) is 53.3 Å². The molecule has 0 spiro atoms. The molecule has 132 valence electrons. The lowest BCUT2D eigenvalue weighted by atomic mass is 10.1. The van der Waals surface area contributed by atoms with Crippen LogP contribution in [0.15, 0.2) is 60.0 Å². The summed E-state index contributed by atoms with van der Waals surface area (Å²) >= 11 is 1.65. The number of rotatable bonds is 5. The molecule has 0 radical (unpaired) electrons. The summed E-state index contributed by atoms with van der Waals surface area (Å²) in [6.45, 7) is 3.22. The Kier molecular flexibility index (Phi) is 5.18. The Morgan fingerprint density at radius 1 is 1.12 bits per heavy atom. The van der Waals surface area contributed by atoms with Crippen LogP contribution in [-0.4, -0.2) is 42.5 Å². The van der Waals surface area contributed by atoms with E-state index in [0.29, 0.717) is 0 Å². The van der Waals surface area contributed by atoms with Crippen molar-refractivity contribution in [2.45, 2.75) is 0 Å². The highest BCUT2D eigenvalue weighted by molar-refractivity contribution is 7.17. The zero-order valence-electron chi connectivity index (χ0n) is 14.2. The summed E-state index contributed by atoms with van der Waals surface area (Å²) in [5.74, 6) is 0. The first-order chi connectivity index (χ1) is 12.9. The minimum absolute atomic E-state index is 0.742. The van der Waals surface area contributed by atoms with Gasteiger partial charge in [-0.3, -0.25) is 10.4 Å². The summed E-state index contributed by atoms with van der Waals surface area (Å²) in [7, 11) is 0. The van der Waals surface area contributed by atoms with Crippen LogP contribution in [0, 0.1) is 0 Å². The van der Waals surface area contributed by atoms with E-state index in [4.69, 9.17) is 9.72 Å². The average Bonchev–Trinajstić information content (AvgIpc) is 3.14. The van der Waals surface area contributed by atoms with Crippen molar-refractivity contribution in [1.29, 1.82) is 0 Å². The Hall–Kier alpha value is -2.77. The number of hydrogen-bond acceptors (Lipinski definition) is 7. The monoisotopic (exact) mass is 365 g/mol. The Labute approximate surface area is 156 Å². The lowest BCUT2D eigenvalue weighted by Crippen LogP contribution is -2.36. The maximum atomic E-state index is 5.45. The van der Waals surface area contributed by atoms with E-state index in [1.807, 2.05) is 36.5 Å². The molecule has 0 atom stereocenters. The van der Waals surface area contributed by atoms with Gasteiger partial charge in [0.25, 0.3) is 0 Å². The van der Waals surface area contributed by atoms with E-state index in [-0.39, 0.29) is 0 Å². The van der Waals surface area contributed by atoms with E-state index in [9.17, 15) is 0 Å². The molecule has 26 heavy (non-hydrogen) atoms. The number of ether oxygens (including phenoxy) is 1. The van der Waals surface area contributed by atoms with Crippen LogP contribution in [-0.2, 0) is 4.74 Å². The number of anilines is 2. The fraction of sp³-hybridized carbons (Fsp3) is 0.211. The Balaban J connectivity index is 1.61. The molecule has 0 saturated carbocycles. The highest BCUT2D eigenvalue weighted by atomic mass is 32.1. The van der Waals surface area contributed by atoms with Gasteiger partial charge >= 0.3 is 0 Å². The molecule has 1 N–H and O–H groups in total. The minimum Gasteiger partial charge on any atom is -0.378 e. The van der Waals surface area contributed by atoms with Gasteiger partial charge in [-0.2, -0.15) is 5.10 Å². The van der Waals surface area contributed by atoms with Gasteiger partial charge in [0, 0.05) is 24.8 Å². The molecule has 3 heterocycles. The molecule has 4 rings (SSSR count). The van der Waals surface area contributed by atoms with Gasteiger partial charge in [0.15, 0.2) is 5.13 Å². The first-order valence-electron chi connectivity index (χ1n) is 8.48.